The van der Waals surface area contributed by atoms with Crippen molar-refractivity contribution in [2.75, 3.05) is 5.32 Å². The van der Waals surface area contributed by atoms with E-state index in [1.54, 1.807) is 24.3 Å². The molecule has 2 heterocycles. The third-order valence-corrected chi connectivity index (χ3v) is 4.67. The molecule has 136 valence electrons. The monoisotopic (exact) mass is 382 g/mol. The van der Waals surface area contributed by atoms with E-state index in [-0.39, 0.29) is 17.9 Å². The van der Waals surface area contributed by atoms with Gasteiger partial charge >= 0.3 is 11.7 Å². The summed E-state index contributed by atoms with van der Waals surface area (Å²) < 4.78 is 1.35. The Morgan fingerprint density at radius 2 is 1.67 bits per heavy atom. The van der Waals surface area contributed by atoms with E-state index < -0.39 is 23.3 Å². The second-order valence-electron chi connectivity index (χ2n) is 6.18. The van der Waals surface area contributed by atoms with Gasteiger partial charge in [0.25, 0.3) is 5.56 Å². The van der Waals surface area contributed by atoms with E-state index >= 15 is 0 Å². The molecule has 3 aromatic rings. The fourth-order valence-electron chi connectivity index (χ4n) is 3.16. The lowest BCUT2D eigenvalue weighted by atomic mass is 9.98. The average molecular weight is 383 g/mol. The van der Waals surface area contributed by atoms with Crippen molar-refractivity contribution in [3.05, 3.63) is 97.1 Å². The largest absolute Gasteiger partial charge is 0.330 e. The summed E-state index contributed by atoms with van der Waals surface area (Å²) >= 11 is 5.93. The van der Waals surface area contributed by atoms with E-state index in [1.165, 1.54) is 4.57 Å². The molecule has 1 aliphatic heterocycles. The molecule has 0 saturated heterocycles. The number of aromatic nitrogens is 2. The predicted molar refractivity (Wildman–Crippen MR) is 102 cm³/mol. The molecule has 3 N–H and O–H groups in total. The lowest BCUT2D eigenvalue weighted by molar-refractivity contribution is 0.248. The van der Waals surface area contributed by atoms with Crippen molar-refractivity contribution in [2.45, 2.75) is 12.6 Å². The summed E-state index contributed by atoms with van der Waals surface area (Å²) in [7, 11) is 0. The summed E-state index contributed by atoms with van der Waals surface area (Å²) in [6, 6.07) is 14.9. The van der Waals surface area contributed by atoms with Crippen LogP contribution in [0.25, 0.3) is 0 Å². The van der Waals surface area contributed by atoms with Crippen molar-refractivity contribution in [3.63, 3.8) is 0 Å². The van der Waals surface area contributed by atoms with E-state index in [1.807, 2.05) is 30.3 Å². The van der Waals surface area contributed by atoms with Gasteiger partial charge in [-0.25, -0.2) is 9.59 Å². The minimum Gasteiger partial charge on any atom is -0.327 e. The Balaban J connectivity index is 1.88. The smallest absolute Gasteiger partial charge is 0.327 e. The van der Waals surface area contributed by atoms with Crippen molar-refractivity contribution >= 4 is 23.4 Å². The maximum Gasteiger partial charge on any atom is 0.330 e. The van der Waals surface area contributed by atoms with Crippen LogP contribution in [0.15, 0.2) is 64.2 Å². The minimum absolute atomic E-state index is 0.191. The summed E-state index contributed by atoms with van der Waals surface area (Å²) in [6.45, 7) is 0.215. The van der Waals surface area contributed by atoms with Crippen LogP contribution in [-0.4, -0.2) is 15.6 Å². The number of nitrogens with zero attached hydrogens (tertiary/aromatic N) is 1. The molecule has 0 spiro atoms. The van der Waals surface area contributed by atoms with Gasteiger partial charge in [-0.05, 0) is 23.3 Å². The van der Waals surface area contributed by atoms with E-state index in [2.05, 4.69) is 15.6 Å². The van der Waals surface area contributed by atoms with E-state index in [0.29, 0.717) is 10.6 Å². The number of carbonyl (C=O) groups is 1. The Morgan fingerprint density at radius 1 is 0.963 bits per heavy atom. The lowest BCUT2D eigenvalue weighted by Gasteiger charge is -2.28. The van der Waals surface area contributed by atoms with Gasteiger partial charge in [-0.1, -0.05) is 54.1 Å². The number of amides is 2. The van der Waals surface area contributed by atoms with Crippen LogP contribution in [0.3, 0.4) is 0 Å². The zero-order valence-corrected chi connectivity index (χ0v) is 14.8. The number of H-pyrrole nitrogens is 1. The zero-order valence-electron chi connectivity index (χ0n) is 14.0. The third-order valence-electron chi connectivity index (χ3n) is 4.42. The lowest BCUT2D eigenvalue weighted by Crippen LogP contribution is -2.46. The number of fused-ring (bicyclic) bond motifs is 1. The van der Waals surface area contributed by atoms with Gasteiger partial charge in [0.1, 0.15) is 5.82 Å². The normalized spacial score (nSPS) is 15.6. The maximum absolute atomic E-state index is 12.6. The Kier molecular flexibility index (Phi) is 4.29. The number of hydrogen-bond donors (Lipinski definition) is 3. The van der Waals surface area contributed by atoms with Crippen LogP contribution in [0.2, 0.25) is 5.02 Å². The first-order valence-corrected chi connectivity index (χ1v) is 8.64. The molecule has 27 heavy (non-hydrogen) atoms. The highest BCUT2D eigenvalue weighted by Gasteiger charge is 2.31. The van der Waals surface area contributed by atoms with Gasteiger partial charge in [0.2, 0.25) is 0 Å². The number of nitrogens with one attached hydrogen (secondary N) is 3. The fraction of sp³-hybridized carbons (Fsp3) is 0.105. The van der Waals surface area contributed by atoms with Crippen LogP contribution < -0.4 is 21.9 Å². The summed E-state index contributed by atoms with van der Waals surface area (Å²) in [5, 5.41) is 5.88. The third kappa shape index (κ3) is 3.24. The van der Waals surface area contributed by atoms with Crippen LogP contribution in [0.4, 0.5) is 10.6 Å². The molecule has 0 fully saturated rings. The topological polar surface area (TPSA) is 96.0 Å². The first-order chi connectivity index (χ1) is 13.0. The molecule has 2 amide bonds. The first-order valence-electron chi connectivity index (χ1n) is 8.27. The molecule has 7 nitrogen and oxygen atoms in total. The summed E-state index contributed by atoms with van der Waals surface area (Å²) in [4.78, 5) is 39.6. The Morgan fingerprint density at radius 3 is 2.37 bits per heavy atom. The quantitative estimate of drug-likeness (QED) is 0.649. The number of rotatable bonds is 3. The highest BCUT2D eigenvalue weighted by molar-refractivity contribution is 6.30. The molecule has 1 unspecified atom stereocenters. The Labute approximate surface area is 158 Å². The van der Waals surface area contributed by atoms with Crippen molar-refractivity contribution in [1.29, 1.82) is 0 Å². The number of halogens is 1. The van der Waals surface area contributed by atoms with Crippen molar-refractivity contribution in [2.24, 2.45) is 0 Å². The van der Waals surface area contributed by atoms with E-state index in [0.717, 1.165) is 5.56 Å². The van der Waals surface area contributed by atoms with Gasteiger partial charge in [-0.2, -0.15) is 0 Å². The molecule has 1 aromatic heterocycles. The summed E-state index contributed by atoms with van der Waals surface area (Å²) in [5.41, 5.74) is 0.689. The Bertz CT molecular complexity index is 1120. The number of urea groups is 1. The molecular weight excluding hydrogens is 368 g/mol. The van der Waals surface area contributed by atoms with Crippen LogP contribution in [0, 0.1) is 0 Å². The summed E-state index contributed by atoms with van der Waals surface area (Å²) in [6.07, 6.45) is 0. The second-order valence-corrected chi connectivity index (χ2v) is 6.61. The maximum atomic E-state index is 12.6. The highest BCUT2D eigenvalue weighted by Crippen LogP contribution is 2.29. The summed E-state index contributed by atoms with van der Waals surface area (Å²) in [5.74, 6) is 0.191. The minimum atomic E-state index is -0.697. The SMILES string of the molecule is O=C1Nc2c(c(=O)[nH]c(=O)n2Cc2ccccc2)C(c2ccc(Cl)cc2)N1. The molecule has 2 aromatic carbocycles. The molecule has 1 atom stereocenters. The number of anilines is 1. The number of benzene rings is 2. The van der Waals surface area contributed by atoms with Gasteiger partial charge in [0.05, 0.1) is 18.2 Å². The van der Waals surface area contributed by atoms with Gasteiger partial charge < -0.3 is 5.32 Å². The molecule has 0 radical (unpaired) electrons. The Hall–Kier alpha value is -3.32. The average Bonchev–Trinajstić information content (AvgIpc) is 2.65. The van der Waals surface area contributed by atoms with Crippen LogP contribution in [0.1, 0.15) is 22.7 Å². The molecule has 0 saturated carbocycles. The van der Waals surface area contributed by atoms with E-state index in [4.69, 9.17) is 11.6 Å². The van der Waals surface area contributed by atoms with Crippen molar-refractivity contribution in [1.82, 2.24) is 14.9 Å². The first kappa shape index (κ1) is 17.1. The van der Waals surface area contributed by atoms with Gasteiger partial charge in [-0.15, -0.1) is 0 Å². The fourth-order valence-corrected chi connectivity index (χ4v) is 3.28. The molecule has 1 aliphatic rings. The molecule has 0 bridgehead atoms. The standard InChI is InChI=1S/C19H15ClN4O3/c20-13-8-6-12(7-9-13)15-14-16(22-18(26)21-15)24(19(27)23-17(14)25)10-11-4-2-1-3-5-11/h1-9,15H,10H2,(H2,21,22,26)(H,23,25,27). The van der Waals surface area contributed by atoms with Gasteiger partial charge in [-0.3, -0.25) is 19.7 Å². The van der Waals surface area contributed by atoms with Gasteiger partial charge in [0.15, 0.2) is 0 Å². The number of aromatic amines is 1. The van der Waals surface area contributed by atoms with Crippen LogP contribution in [-0.2, 0) is 6.54 Å². The van der Waals surface area contributed by atoms with Crippen molar-refractivity contribution < 1.29 is 4.79 Å². The van der Waals surface area contributed by atoms with Crippen LogP contribution in [0.5, 0.6) is 0 Å². The zero-order chi connectivity index (χ0) is 19.0. The number of carbonyl (C=O) groups excluding carboxylic acids is 1. The van der Waals surface area contributed by atoms with Gasteiger partial charge in [0, 0.05) is 5.02 Å². The predicted octanol–water partition coefficient (Wildman–Crippen LogP) is 2.46. The number of hydrogen-bond acceptors (Lipinski definition) is 3. The molecule has 8 heteroatoms. The second kappa shape index (κ2) is 6.77. The van der Waals surface area contributed by atoms with E-state index in [9.17, 15) is 14.4 Å². The van der Waals surface area contributed by atoms with Crippen molar-refractivity contribution in [3.8, 4) is 0 Å². The highest BCUT2D eigenvalue weighted by atomic mass is 35.5. The molecule has 0 aliphatic carbocycles. The molecular formula is C19H15ClN4O3. The molecule has 4 rings (SSSR count). The van der Waals surface area contributed by atoms with Crippen LogP contribution >= 0.6 is 11.6 Å².